The lowest BCUT2D eigenvalue weighted by Gasteiger charge is -1.85. The predicted octanol–water partition coefficient (Wildman–Crippen LogP) is 0.182. The largest absolute Gasteiger partial charge is 0.258 e. The Balaban J connectivity index is 3.09. The lowest BCUT2D eigenvalue weighted by Crippen LogP contribution is -1.89. The van der Waals surface area contributed by atoms with Gasteiger partial charge in [0.2, 0.25) is 0 Å². The molecule has 2 heterocycles. The molecule has 0 bridgehead atoms. The highest BCUT2D eigenvalue weighted by molar-refractivity contribution is 7.71. The van der Waals surface area contributed by atoms with Crippen LogP contribution in [0.5, 0.6) is 0 Å². The van der Waals surface area contributed by atoms with Gasteiger partial charge in [-0.15, -0.1) is 5.10 Å². The van der Waals surface area contributed by atoms with E-state index < -0.39 is 0 Å². The molecule has 10 heavy (non-hydrogen) atoms. The summed E-state index contributed by atoms with van der Waals surface area (Å²) in [5, 5.41) is 9.85. The zero-order valence-corrected chi connectivity index (χ0v) is 5.67. The summed E-state index contributed by atoms with van der Waals surface area (Å²) >= 11 is 4.90. The van der Waals surface area contributed by atoms with Crippen LogP contribution < -0.4 is 0 Å². The standard InChI is InChI=1S/C4H3N5S/c10-4-2-5-1-3-6-7-8-9(3)4/h1-2H,(H,6,8). The Morgan fingerprint density at radius 1 is 1.50 bits per heavy atom. The Kier molecular flexibility index (Phi) is 1.01. The van der Waals surface area contributed by atoms with Crippen molar-refractivity contribution in [3.05, 3.63) is 17.0 Å². The minimum Gasteiger partial charge on any atom is -0.258 e. The van der Waals surface area contributed by atoms with Crippen LogP contribution in [-0.2, 0) is 0 Å². The maximum absolute atomic E-state index is 4.90. The molecule has 2 aromatic heterocycles. The fourth-order valence-corrected chi connectivity index (χ4v) is 0.881. The van der Waals surface area contributed by atoms with E-state index in [0.29, 0.717) is 10.3 Å². The molecule has 50 valence electrons. The van der Waals surface area contributed by atoms with E-state index in [4.69, 9.17) is 12.2 Å². The molecule has 0 fully saturated rings. The van der Waals surface area contributed by atoms with E-state index in [1.54, 1.807) is 16.9 Å². The van der Waals surface area contributed by atoms with Crippen LogP contribution in [0.3, 0.4) is 0 Å². The third-order valence-corrected chi connectivity index (χ3v) is 1.41. The van der Waals surface area contributed by atoms with E-state index in [9.17, 15) is 0 Å². The van der Waals surface area contributed by atoms with Gasteiger partial charge >= 0.3 is 0 Å². The lowest BCUT2D eigenvalue weighted by atomic mass is 10.7. The van der Waals surface area contributed by atoms with Gasteiger partial charge in [-0.05, 0) is 0 Å². The summed E-state index contributed by atoms with van der Waals surface area (Å²) in [6, 6.07) is 0. The summed E-state index contributed by atoms with van der Waals surface area (Å²) in [5.41, 5.74) is 0.632. The quantitative estimate of drug-likeness (QED) is 0.548. The number of nitrogens with zero attached hydrogens (tertiary/aromatic N) is 4. The summed E-state index contributed by atoms with van der Waals surface area (Å²) in [4.78, 5) is 3.84. The third kappa shape index (κ3) is 0.623. The molecule has 0 aliphatic rings. The molecule has 0 saturated heterocycles. The topological polar surface area (TPSA) is 58.9 Å². The summed E-state index contributed by atoms with van der Waals surface area (Å²) in [6.45, 7) is 0. The first-order valence-electron chi connectivity index (χ1n) is 2.62. The minimum absolute atomic E-state index is 0.572. The molecule has 0 aliphatic heterocycles. The number of aromatic amines is 1. The average molecular weight is 153 g/mol. The number of H-pyrrole nitrogens is 1. The smallest absolute Gasteiger partial charge is 0.196 e. The Labute approximate surface area is 60.7 Å². The Morgan fingerprint density at radius 3 is 3.20 bits per heavy atom. The van der Waals surface area contributed by atoms with Crippen molar-refractivity contribution in [3.8, 4) is 0 Å². The molecule has 2 rings (SSSR count). The second-order valence-corrected chi connectivity index (χ2v) is 2.16. The van der Waals surface area contributed by atoms with Gasteiger partial charge < -0.3 is 0 Å². The fraction of sp³-hybridized carbons (Fsp3) is 0. The van der Waals surface area contributed by atoms with Crippen LogP contribution in [0.2, 0.25) is 0 Å². The third-order valence-electron chi connectivity index (χ3n) is 1.12. The number of hydrogen-bond acceptors (Lipinski definition) is 4. The highest BCUT2D eigenvalue weighted by Crippen LogP contribution is 1.92. The summed E-state index contributed by atoms with van der Waals surface area (Å²) in [5.74, 6) is 0. The molecule has 0 aromatic carbocycles. The first-order chi connectivity index (χ1) is 4.88. The Hall–Kier alpha value is -1.30. The molecule has 0 unspecified atom stereocenters. The predicted molar refractivity (Wildman–Crippen MR) is 36.0 cm³/mol. The Morgan fingerprint density at radius 2 is 2.40 bits per heavy atom. The second kappa shape index (κ2) is 1.84. The molecule has 0 spiro atoms. The van der Waals surface area contributed by atoms with Crippen molar-refractivity contribution in [2.75, 3.05) is 0 Å². The molecule has 0 amide bonds. The van der Waals surface area contributed by atoms with Crippen molar-refractivity contribution in [3.63, 3.8) is 0 Å². The molecule has 2 aromatic rings. The number of fused-ring (bicyclic) bond motifs is 1. The molecule has 1 N–H and O–H groups in total. The molecule has 0 saturated carbocycles. The van der Waals surface area contributed by atoms with Crippen molar-refractivity contribution in [2.24, 2.45) is 0 Å². The van der Waals surface area contributed by atoms with Crippen LogP contribution in [0.4, 0.5) is 0 Å². The first kappa shape index (κ1) is 5.48. The van der Waals surface area contributed by atoms with Crippen molar-refractivity contribution in [1.29, 1.82) is 0 Å². The van der Waals surface area contributed by atoms with Crippen LogP contribution in [0.15, 0.2) is 12.4 Å². The van der Waals surface area contributed by atoms with Crippen LogP contribution in [0.25, 0.3) is 5.65 Å². The minimum atomic E-state index is 0.572. The van der Waals surface area contributed by atoms with E-state index in [-0.39, 0.29) is 0 Å². The molecule has 0 radical (unpaired) electrons. The fourth-order valence-electron chi connectivity index (χ4n) is 0.685. The van der Waals surface area contributed by atoms with Gasteiger partial charge in [0.05, 0.1) is 12.4 Å². The zero-order valence-electron chi connectivity index (χ0n) is 4.85. The number of aromatic nitrogens is 5. The van der Waals surface area contributed by atoms with E-state index in [0.717, 1.165) is 0 Å². The van der Waals surface area contributed by atoms with E-state index in [1.165, 1.54) is 0 Å². The monoisotopic (exact) mass is 153 g/mol. The van der Waals surface area contributed by atoms with Crippen molar-refractivity contribution < 1.29 is 0 Å². The number of tetrazole rings is 1. The van der Waals surface area contributed by atoms with Gasteiger partial charge in [0.25, 0.3) is 0 Å². The second-order valence-electron chi connectivity index (χ2n) is 1.74. The highest BCUT2D eigenvalue weighted by Gasteiger charge is 1.92. The molecule has 0 aliphatic carbocycles. The van der Waals surface area contributed by atoms with Gasteiger partial charge in [0.1, 0.15) is 4.64 Å². The lowest BCUT2D eigenvalue weighted by molar-refractivity contribution is 0.813. The maximum atomic E-state index is 4.90. The summed E-state index contributed by atoms with van der Waals surface area (Å²) in [7, 11) is 0. The molecule has 5 nitrogen and oxygen atoms in total. The van der Waals surface area contributed by atoms with Gasteiger partial charge in [0.15, 0.2) is 5.65 Å². The Bertz CT molecular complexity index is 401. The summed E-state index contributed by atoms with van der Waals surface area (Å²) in [6.07, 6.45) is 3.14. The van der Waals surface area contributed by atoms with Crippen LogP contribution in [0.1, 0.15) is 0 Å². The van der Waals surface area contributed by atoms with Gasteiger partial charge in [0, 0.05) is 0 Å². The molecule has 6 heteroatoms. The van der Waals surface area contributed by atoms with Gasteiger partial charge in [-0.25, -0.2) is 4.52 Å². The molecular weight excluding hydrogens is 150 g/mol. The van der Waals surface area contributed by atoms with Crippen LogP contribution in [-0.4, -0.2) is 25.0 Å². The average Bonchev–Trinajstić information content (AvgIpc) is 2.36. The summed E-state index contributed by atoms with van der Waals surface area (Å²) < 4.78 is 2.14. The van der Waals surface area contributed by atoms with E-state index in [2.05, 4.69) is 20.5 Å². The number of rotatable bonds is 0. The number of hydrogen-bond donors (Lipinski definition) is 1. The van der Waals surface area contributed by atoms with E-state index in [1.807, 2.05) is 0 Å². The molecule has 0 atom stereocenters. The van der Waals surface area contributed by atoms with E-state index >= 15 is 0 Å². The van der Waals surface area contributed by atoms with Crippen molar-refractivity contribution in [1.82, 2.24) is 25.0 Å². The van der Waals surface area contributed by atoms with Gasteiger partial charge in [-0.1, -0.05) is 17.4 Å². The molecular formula is C4H3N5S. The maximum Gasteiger partial charge on any atom is 0.196 e. The zero-order chi connectivity index (χ0) is 6.97. The number of nitrogens with one attached hydrogen (secondary N) is 1. The van der Waals surface area contributed by atoms with Gasteiger partial charge in [-0.2, -0.15) is 5.21 Å². The first-order valence-corrected chi connectivity index (χ1v) is 3.02. The normalized spacial score (nSPS) is 10.4. The van der Waals surface area contributed by atoms with Crippen LogP contribution >= 0.6 is 12.2 Å². The highest BCUT2D eigenvalue weighted by atomic mass is 32.1. The SMILES string of the molecule is S=c1cncc2nn[nH]n12. The van der Waals surface area contributed by atoms with Crippen molar-refractivity contribution in [2.45, 2.75) is 0 Å². The van der Waals surface area contributed by atoms with Gasteiger partial charge in [-0.3, -0.25) is 4.98 Å². The van der Waals surface area contributed by atoms with Crippen molar-refractivity contribution >= 4 is 17.9 Å². The van der Waals surface area contributed by atoms with Crippen LogP contribution in [0, 0.1) is 4.64 Å².